The van der Waals surface area contributed by atoms with Gasteiger partial charge in [-0.15, -0.1) is 11.3 Å². The molecule has 17 heavy (non-hydrogen) atoms. The number of hydrogen-bond acceptors (Lipinski definition) is 3. The lowest BCUT2D eigenvalue weighted by molar-refractivity contribution is 0.591. The average Bonchev–Trinajstić information content (AvgIpc) is 2.83. The van der Waals surface area contributed by atoms with E-state index in [9.17, 15) is 8.78 Å². The van der Waals surface area contributed by atoms with Crippen LogP contribution in [0.25, 0.3) is 21.7 Å². The number of thiazole rings is 1. The second kappa shape index (κ2) is 3.59. The summed E-state index contributed by atoms with van der Waals surface area (Å²) < 4.78 is 26.5. The molecule has 0 bridgehead atoms. The number of halogens is 2. The summed E-state index contributed by atoms with van der Waals surface area (Å²) in [5.41, 5.74) is 0.496. The number of H-pyrrole nitrogens is 1. The fraction of sp³-hybridized carbons (Fsp3) is 0.0909. The lowest BCUT2D eigenvalue weighted by Crippen LogP contribution is -1.81. The van der Waals surface area contributed by atoms with Gasteiger partial charge in [-0.3, -0.25) is 0 Å². The van der Waals surface area contributed by atoms with Crippen LogP contribution in [0.2, 0.25) is 0 Å². The number of aromatic amines is 1. The highest BCUT2D eigenvalue weighted by Crippen LogP contribution is 2.26. The number of aromatic nitrogens is 3. The maximum Gasteiger partial charge on any atom is 0.153 e. The van der Waals surface area contributed by atoms with Gasteiger partial charge in [0.05, 0.1) is 15.4 Å². The maximum atomic E-state index is 13.4. The molecule has 0 fully saturated rings. The zero-order valence-corrected chi connectivity index (χ0v) is 9.61. The molecular weight excluding hydrogens is 244 g/mol. The van der Waals surface area contributed by atoms with Crippen molar-refractivity contribution in [2.24, 2.45) is 0 Å². The first kappa shape index (κ1) is 10.3. The van der Waals surface area contributed by atoms with Gasteiger partial charge in [0.1, 0.15) is 17.2 Å². The second-order valence-corrected chi connectivity index (χ2v) is 4.85. The Kier molecular flexibility index (Phi) is 2.19. The van der Waals surface area contributed by atoms with Crippen molar-refractivity contribution in [3.63, 3.8) is 0 Å². The van der Waals surface area contributed by atoms with Gasteiger partial charge in [-0.25, -0.2) is 18.7 Å². The molecule has 0 atom stereocenters. The first-order chi connectivity index (χ1) is 8.13. The number of benzene rings is 1. The van der Waals surface area contributed by atoms with Crippen molar-refractivity contribution >= 4 is 22.4 Å². The number of imidazole rings is 1. The molecule has 0 radical (unpaired) electrons. The zero-order chi connectivity index (χ0) is 12.0. The van der Waals surface area contributed by atoms with Gasteiger partial charge in [0.25, 0.3) is 0 Å². The Morgan fingerprint density at radius 2 is 2.12 bits per heavy atom. The monoisotopic (exact) mass is 251 g/mol. The molecular formula is C11H7F2N3S. The predicted octanol–water partition coefficient (Wildman–Crippen LogP) is 3.27. The van der Waals surface area contributed by atoms with E-state index in [0.717, 1.165) is 16.0 Å². The lowest BCUT2D eigenvalue weighted by Gasteiger charge is -1.90. The number of nitrogens with one attached hydrogen (secondary N) is 1. The zero-order valence-electron chi connectivity index (χ0n) is 8.79. The van der Waals surface area contributed by atoms with Crippen molar-refractivity contribution < 1.29 is 8.78 Å². The summed E-state index contributed by atoms with van der Waals surface area (Å²) in [7, 11) is 0. The first-order valence-corrected chi connectivity index (χ1v) is 5.73. The van der Waals surface area contributed by atoms with Gasteiger partial charge in [-0.1, -0.05) is 0 Å². The molecule has 1 aromatic carbocycles. The third-order valence-corrected chi connectivity index (χ3v) is 3.28. The van der Waals surface area contributed by atoms with Crippen LogP contribution in [0.1, 0.15) is 5.01 Å². The van der Waals surface area contributed by atoms with Crippen LogP contribution in [0.4, 0.5) is 8.78 Å². The van der Waals surface area contributed by atoms with E-state index < -0.39 is 11.6 Å². The van der Waals surface area contributed by atoms with E-state index in [4.69, 9.17) is 0 Å². The molecule has 0 aliphatic carbocycles. The van der Waals surface area contributed by atoms with Crippen LogP contribution in [0.5, 0.6) is 0 Å². The van der Waals surface area contributed by atoms with Crippen LogP contribution in [0.15, 0.2) is 18.3 Å². The molecule has 0 unspecified atom stereocenters. The highest BCUT2D eigenvalue weighted by Gasteiger charge is 2.12. The van der Waals surface area contributed by atoms with E-state index in [1.165, 1.54) is 17.4 Å². The molecule has 3 nitrogen and oxygen atoms in total. The Balaban J connectivity index is 2.23. The van der Waals surface area contributed by atoms with Crippen LogP contribution >= 0.6 is 11.3 Å². The summed E-state index contributed by atoms with van der Waals surface area (Å²) in [6.45, 7) is 1.87. The minimum absolute atomic E-state index is 0.146. The van der Waals surface area contributed by atoms with Crippen molar-refractivity contribution in [1.29, 1.82) is 0 Å². The molecule has 0 amide bonds. The molecule has 0 saturated carbocycles. The molecule has 3 rings (SSSR count). The number of hydrogen-bond donors (Lipinski definition) is 1. The molecule has 86 valence electrons. The average molecular weight is 251 g/mol. The first-order valence-electron chi connectivity index (χ1n) is 4.91. The van der Waals surface area contributed by atoms with Crippen LogP contribution in [0.3, 0.4) is 0 Å². The van der Waals surface area contributed by atoms with Gasteiger partial charge in [0.15, 0.2) is 5.82 Å². The number of nitrogens with zero attached hydrogens (tertiary/aromatic N) is 2. The Labute approximate surface area is 99.2 Å². The summed E-state index contributed by atoms with van der Waals surface area (Å²) in [4.78, 5) is 11.9. The predicted molar refractivity (Wildman–Crippen MR) is 61.9 cm³/mol. The summed E-state index contributed by atoms with van der Waals surface area (Å²) in [5, 5.41) is 0.895. The SMILES string of the molecule is Cc1ncc(-c2nc3c(F)cc(F)cc3[nH]2)s1. The minimum atomic E-state index is -0.663. The molecule has 0 spiro atoms. The third kappa shape index (κ3) is 1.70. The molecule has 2 heterocycles. The Hall–Kier alpha value is -1.82. The summed E-state index contributed by atoms with van der Waals surface area (Å²) in [6.07, 6.45) is 1.66. The Morgan fingerprint density at radius 3 is 2.82 bits per heavy atom. The number of aryl methyl sites for hydroxylation is 1. The number of rotatable bonds is 1. The molecule has 1 N–H and O–H groups in total. The van der Waals surface area contributed by atoms with Crippen molar-refractivity contribution in [3.05, 3.63) is 35.0 Å². The Morgan fingerprint density at radius 1 is 1.29 bits per heavy atom. The fourth-order valence-corrected chi connectivity index (χ4v) is 2.35. The van der Waals surface area contributed by atoms with Gasteiger partial charge in [-0.05, 0) is 13.0 Å². The summed E-state index contributed by atoms with van der Waals surface area (Å²) in [5.74, 6) is -0.774. The molecule has 2 aromatic heterocycles. The largest absolute Gasteiger partial charge is 0.337 e. The van der Waals surface area contributed by atoms with E-state index in [-0.39, 0.29) is 5.52 Å². The van der Waals surface area contributed by atoms with Crippen LogP contribution in [-0.2, 0) is 0 Å². The van der Waals surface area contributed by atoms with Crippen molar-refractivity contribution in [2.75, 3.05) is 0 Å². The maximum absolute atomic E-state index is 13.4. The second-order valence-electron chi connectivity index (χ2n) is 3.61. The highest BCUT2D eigenvalue weighted by molar-refractivity contribution is 7.14. The van der Waals surface area contributed by atoms with Gasteiger partial charge in [-0.2, -0.15) is 0 Å². The molecule has 6 heteroatoms. The molecule has 0 saturated heterocycles. The quantitative estimate of drug-likeness (QED) is 0.721. The number of fused-ring (bicyclic) bond motifs is 1. The summed E-state index contributed by atoms with van der Waals surface area (Å²) in [6, 6.07) is 2.05. The fourth-order valence-electron chi connectivity index (χ4n) is 1.63. The minimum Gasteiger partial charge on any atom is -0.337 e. The van der Waals surface area contributed by atoms with Crippen LogP contribution in [-0.4, -0.2) is 15.0 Å². The third-order valence-electron chi connectivity index (χ3n) is 2.36. The van der Waals surface area contributed by atoms with E-state index >= 15 is 0 Å². The molecule has 0 aliphatic heterocycles. The standard InChI is InChI=1S/C11H7F2N3S/c1-5-14-4-9(17-5)11-15-8-3-6(12)2-7(13)10(8)16-11/h2-4H,1H3,(H,15,16). The van der Waals surface area contributed by atoms with E-state index in [1.54, 1.807) is 6.20 Å². The summed E-state index contributed by atoms with van der Waals surface area (Å²) >= 11 is 1.45. The smallest absolute Gasteiger partial charge is 0.153 e. The van der Waals surface area contributed by atoms with E-state index in [2.05, 4.69) is 15.0 Å². The van der Waals surface area contributed by atoms with Gasteiger partial charge < -0.3 is 4.98 Å². The molecule has 0 aliphatic rings. The highest BCUT2D eigenvalue weighted by atomic mass is 32.1. The van der Waals surface area contributed by atoms with E-state index in [0.29, 0.717) is 11.3 Å². The van der Waals surface area contributed by atoms with E-state index in [1.807, 2.05) is 6.92 Å². The lowest BCUT2D eigenvalue weighted by atomic mass is 10.3. The normalized spacial score (nSPS) is 11.2. The molecule has 3 aromatic rings. The van der Waals surface area contributed by atoms with Crippen LogP contribution in [0, 0.1) is 18.6 Å². The van der Waals surface area contributed by atoms with Crippen molar-refractivity contribution in [2.45, 2.75) is 6.92 Å². The van der Waals surface area contributed by atoms with Crippen LogP contribution < -0.4 is 0 Å². The van der Waals surface area contributed by atoms with Crippen molar-refractivity contribution in [1.82, 2.24) is 15.0 Å². The van der Waals surface area contributed by atoms with Gasteiger partial charge in [0, 0.05) is 12.3 Å². The Bertz CT molecular complexity index is 702. The van der Waals surface area contributed by atoms with Crippen molar-refractivity contribution in [3.8, 4) is 10.7 Å². The topological polar surface area (TPSA) is 41.6 Å². The van der Waals surface area contributed by atoms with Gasteiger partial charge >= 0.3 is 0 Å². The van der Waals surface area contributed by atoms with Gasteiger partial charge in [0.2, 0.25) is 0 Å².